The van der Waals surface area contributed by atoms with Gasteiger partial charge in [-0.25, -0.2) is 0 Å². The summed E-state index contributed by atoms with van der Waals surface area (Å²) in [6, 6.07) is 2.39. The van der Waals surface area contributed by atoms with Crippen molar-refractivity contribution in [1.82, 2.24) is 15.2 Å². The number of pyridine rings is 1. The van der Waals surface area contributed by atoms with Gasteiger partial charge < -0.3 is 10.2 Å². The molecule has 1 N–H and O–H groups in total. The van der Waals surface area contributed by atoms with Crippen molar-refractivity contribution < 1.29 is 9.59 Å². The second kappa shape index (κ2) is 7.32. The lowest BCUT2D eigenvalue weighted by molar-refractivity contribution is -0.140. The maximum atomic E-state index is 12.5. The van der Waals surface area contributed by atoms with Crippen LogP contribution in [0.15, 0.2) is 12.3 Å². The molecular formula is C19H27N3O2. The zero-order valence-electron chi connectivity index (χ0n) is 14.7. The van der Waals surface area contributed by atoms with E-state index in [1.807, 2.05) is 31.0 Å². The van der Waals surface area contributed by atoms with Crippen LogP contribution in [-0.2, 0) is 16.1 Å². The van der Waals surface area contributed by atoms with Crippen LogP contribution < -0.4 is 5.32 Å². The molecule has 0 spiro atoms. The molecule has 5 nitrogen and oxygen atoms in total. The number of nitrogens with zero attached hydrogens (tertiary/aromatic N) is 2. The molecule has 24 heavy (non-hydrogen) atoms. The van der Waals surface area contributed by atoms with Gasteiger partial charge in [0.1, 0.15) is 0 Å². The molecule has 1 aliphatic heterocycles. The molecule has 0 unspecified atom stereocenters. The highest BCUT2D eigenvalue weighted by atomic mass is 16.2. The molecule has 1 atom stereocenters. The molecule has 2 heterocycles. The molecule has 1 saturated heterocycles. The lowest BCUT2D eigenvalue weighted by Crippen LogP contribution is -2.49. The number of carbonyl (C=O) groups is 2. The quantitative estimate of drug-likeness (QED) is 0.923. The van der Waals surface area contributed by atoms with E-state index >= 15 is 0 Å². The first-order chi connectivity index (χ1) is 11.5. The Morgan fingerprint density at radius 3 is 2.75 bits per heavy atom. The molecule has 0 aromatic carbocycles. The van der Waals surface area contributed by atoms with Gasteiger partial charge >= 0.3 is 0 Å². The fourth-order valence-corrected chi connectivity index (χ4v) is 3.89. The lowest BCUT2D eigenvalue weighted by atomic mass is 9.94. The van der Waals surface area contributed by atoms with Gasteiger partial charge in [-0.2, -0.15) is 0 Å². The van der Waals surface area contributed by atoms with E-state index in [0.717, 1.165) is 29.7 Å². The summed E-state index contributed by atoms with van der Waals surface area (Å²) in [7, 11) is 0. The Bertz CT molecular complexity index is 623. The minimum Gasteiger partial charge on any atom is -0.352 e. The van der Waals surface area contributed by atoms with Crippen molar-refractivity contribution in [3.8, 4) is 0 Å². The van der Waals surface area contributed by atoms with Crippen LogP contribution in [0, 0.1) is 19.8 Å². The van der Waals surface area contributed by atoms with Crippen molar-refractivity contribution in [3.05, 3.63) is 29.1 Å². The van der Waals surface area contributed by atoms with Crippen molar-refractivity contribution in [3.63, 3.8) is 0 Å². The highest BCUT2D eigenvalue weighted by molar-refractivity contribution is 5.84. The first kappa shape index (κ1) is 16.9. The fourth-order valence-electron chi connectivity index (χ4n) is 3.89. The summed E-state index contributed by atoms with van der Waals surface area (Å²) < 4.78 is 0. The van der Waals surface area contributed by atoms with Crippen LogP contribution in [0.25, 0.3) is 0 Å². The third kappa shape index (κ3) is 3.77. The average Bonchev–Trinajstić information content (AvgIpc) is 3.08. The molecule has 3 rings (SSSR count). The van der Waals surface area contributed by atoms with Crippen molar-refractivity contribution in [2.24, 2.45) is 5.92 Å². The Balaban J connectivity index is 1.57. The normalized spacial score (nSPS) is 22.0. The third-order valence-corrected chi connectivity index (χ3v) is 5.39. The van der Waals surface area contributed by atoms with Gasteiger partial charge in [0.05, 0.1) is 5.92 Å². The first-order valence-corrected chi connectivity index (χ1v) is 9.04. The number of likely N-dealkylation sites (tertiary alicyclic amines) is 1. The molecule has 130 valence electrons. The van der Waals surface area contributed by atoms with Crippen LogP contribution in [0.2, 0.25) is 0 Å². The fraction of sp³-hybridized carbons (Fsp3) is 0.632. The summed E-state index contributed by atoms with van der Waals surface area (Å²) in [5.74, 6) is 0.206. The smallest absolute Gasteiger partial charge is 0.225 e. The molecule has 1 aromatic rings. The van der Waals surface area contributed by atoms with E-state index in [0.29, 0.717) is 32.0 Å². The van der Waals surface area contributed by atoms with Gasteiger partial charge in [-0.3, -0.25) is 14.6 Å². The SMILES string of the molecule is Cc1cc(C)c(CNC(=O)[C@@H]2CCC(=O)N(C3CCCC3)C2)cn1. The Hall–Kier alpha value is -1.91. The molecule has 1 aromatic heterocycles. The standard InChI is InChI=1S/C19H27N3O2/c1-13-9-14(2)20-10-16(13)11-21-19(24)15-7-8-18(23)22(12-15)17-5-3-4-6-17/h9-10,15,17H,3-8,11-12H2,1-2H3,(H,21,24)/t15-/m1/s1. The van der Waals surface area contributed by atoms with Crippen molar-refractivity contribution >= 4 is 11.8 Å². The summed E-state index contributed by atoms with van der Waals surface area (Å²) in [6.45, 7) is 5.09. The first-order valence-electron chi connectivity index (χ1n) is 9.04. The molecule has 0 radical (unpaired) electrons. The lowest BCUT2D eigenvalue weighted by Gasteiger charge is -2.36. The van der Waals surface area contributed by atoms with Crippen LogP contribution in [0.4, 0.5) is 0 Å². The van der Waals surface area contributed by atoms with Crippen LogP contribution >= 0.6 is 0 Å². The van der Waals surface area contributed by atoms with Gasteiger partial charge in [-0.05, 0) is 50.3 Å². The van der Waals surface area contributed by atoms with Gasteiger partial charge in [0.15, 0.2) is 0 Å². The molecule has 2 amide bonds. The Kier molecular flexibility index (Phi) is 5.17. The Morgan fingerprint density at radius 1 is 1.29 bits per heavy atom. The van der Waals surface area contributed by atoms with Gasteiger partial charge in [-0.15, -0.1) is 0 Å². The zero-order chi connectivity index (χ0) is 17.1. The maximum Gasteiger partial charge on any atom is 0.225 e. The minimum absolute atomic E-state index is 0.0606. The molecule has 1 aliphatic carbocycles. The van der Waals surface area contributed by atoms with E-state index in [2.05, 4.69) is 10.3 Å². The van der Waals surface area contributed by atoms with Gasteiger partial charge in [0.25, 0.3) is 0 Å². The van der Waals surface area contributed by atoms with Crippen LogP contribution in [0.1, 0.15) is 55.3 Å². The number of aromatic nitrogens is 1. The summed E-state index contributed by atoms with van der Waals surface area (Å²) in [5, 5.41) is 3.04. The zero-order valence-corrected chi connectivity index (χ0v) is 14.7. The topological polar surface area (TPSA) is 62.3 Å². The number of piperidine rings is 1. The third-order valence-electron chi connectivity index (χ3n) is 5.39. The molecule has 5 heteroatoms. The number of hydrogen-bond donors (Lipinski definition) is 1. The second-order valence-corrected chi connectivity index (χ2v) is 7.19. The predicted octanol–water partition coefficient (Wildman–Crippen LogP) is 2.50. The van der Waals surface area contributed by atoms with Gasteiger partial charge in [0.2, 0.25) is 11.8 Å². The number of hydrogen-bond acceptors (Lipinski definition) is 3. The summed E-state index contributed by atoms with van der Waals surface area (Å²) in [6.07, 6.45) is 7.58. The van der Waals surface area contributed by atoms with E-state index in [1.165, 1.54) is 12.8 Å². The Morgan fingerprint density at radius 2 is 2.04 bits per heavy atom. The van der Waals surface area contributed by atoms with Gasteiger partial charge in [0, 0.05) is 37.4 Å². The molecule has 2 aliphatic rings. The Labute approximate surface area is 143 Å². The van der Waals surface area contributed by atoms with Crippen molar-refractivity contribution in [1.29, 1.82) is 0 Å². The number of nitrogens with one attached hydrogen (secondary N) is 1. The van der Waals surface area contributed by atoms with Crippen LogP contribution in [-0.4, -0.2) is 34.3 Å². The molecule has 2 fully saturated rings. The average molecular weight is 329 g/mol. The monoisotopic (exact) mass is 329 g/mol. The van der Waals surface area contributed by atoms with E-state index in [1.54, 1.807) is 0 Å². The largest absolute Gasteiger partial charge is 0.352 e. The summed E-state index contributed by atoms with van der Waals surface area (Å²) >= 11 is 0. The second-order valence-electron chi connectivity index (χ2n) is 7.19. The summed E-state index contributed by atoms with van der Waals surface area (Å²) in [5.41, 5.74) is 3.18. The minimum atomic E-state index is -0.0815. The number of rotatable bonds is 4. The van der Waals surface area contributed by atoms with E-state index < -0.39 is 0 Å². The van der Waals surface area contributed by atoms with Crippen LogP contribution in [0.5, 0.6) is 0 Å². The highest BCUT2D eigenvalue weighted by Crippen LogP contribution is 2.28. The van der Waals surface area contributed by atoms with Crippen molar-refractivity contribution in [2.75, 3.05) is 6.54 Å². The van der Waals surface area contributed by atoms with Crippen LogP contribution in [0.3, 0.4) is 0 Å². The highest BCUT2D eigenvalue weighted by Gasteiger charge is 2.35. The molecule has 1 saturated carbocycles. The predicted molar refractivity (Wildman–Crippen MR) is 92.3 cm³/mol. The summed E-state index contributed by atoms with van der Waals surface area (Å²) in [4.78, 5) is 31.0. The molecular weight excluding hydrogens is 302 g/mol. The van der Waals surface area contributed by atoms with E-state index in [4.69, 9.17) is 0 Å². The molecule has 0 bridgehead atoms. The maximum absolute atomic E-state index is 12.5. The van der Waals surface area contributed by atoms with Gasteiger partial charge in [-0.1, -0.05) is 12.8 Å². The van der Waals surface area contributed by atoms with Crippen molar-refractivity contribution in [2.45, 2.75) is 65.0 Å². The number of carbonyl (C=O) groups excluding carboxylic acids is 2. The van der Waals surface area contributed by atoms with E-state index in [9.17, 15) is 9.59 Å². The van der Waals surface area contributed by atoms with E-state index in [-0.39, 0.29) is 17.7 Å². The number of amides is 2. The number of aryl methyl sites for hydroxylation is 2.